The van der Waals surface area contributed by atoms with Gasteiger partial charge in [-0.15, -0.1) is 0 Å². The summed E-state index contributed by atoms with van der Waals surface area (Å²) >= 11 is 0. The number of hydrogen-bond donors (Lipinski definition) is 2. The molecule has 2 aliphatic heterocycles. The van der Waals surface area contributed by atoms with Crippen LogP contribution < -0.4 is 25.0 Å². The summed E-state index contributed by atoms with van der Waals surface area (Å²) in [6, 6.07) is 13.1. The molecule has 1 unspecified atom stereocenters. The van der Waals surface area contributed by atoms with Crippen molar-refractivity contribution in [3.63, 3.8) is 0 Å². The summed E-state index contributed by atoms with van der Waals surface area (Å²) in [4.78, 5) is 31.2. The molecule has 11 nitrogen and oxygen atoms in total. The number of fused-ring (bicyclic) bond motifs is 1. The van der Waals surface area contributed by atoms with Gasteiger partial charge < -0.3 is 34.6 Å². The van der Waals surface area contributed by atoms with Gasteiger partial charge in [0.25, 0.3) is 5.91 Å². The lowest BCUT2D eigenvalue weighted by atomic mass is 9.99. The Balaban J connectivity index is 1.19. The Hall–Kier alpha value is -4.48. The number of nitrogens with zero attached hydrogens (tertiary/aromatic N) is 5. The summed E-state index contributed by atoms with van der Waals surface area (Å²) in [6.07, 6.45) is 5.55. The van der Waals surface area contributed by atoms with Crippen LogP contribution in [0.25, 0.3) is 10.9 Å². The Kier molecular flexibility index (Phi) is 9.04. The van der Waals surface area contributed by atoms with Crippen LogP contribution >= 0.6 is 0 Å². The number of piperidine rings is 1. The summed E-state index contributed by atoms with van der Waals surface area (Å²) in [5, 5.41) is 7.27. The maximum atomic E-state index is 13.2. The van der Waals surface area contributed by atoms with Crippen LogP contribution in [0.1, 0.15) is 28.8 Å². The monoisotopic (exact) mass is 597 g/mol. The number of rotatable bonds is 9. The van der Waals surface area contributed by atoms with Gasteiger partial charge in [0.1, 0.15) is 18.0 Å². The molecule has 1 amide bonds. The minimum atomic E-state index is -0.207. The molecule has 2 aromatic heterocycles. The minimum absolute atomic E-state index is 0.207. The summed E-state index contributed by atoms with van der Waals surface area (Å²) in [5.41, 5.74) is 3.76. The van der Waals surface area contributed by atoms with Crippen molar-refractivity contribution in [2.75, 3.05) is 75.7 Å². The predicted octanol–water partition coefficient (Wildman–Crippen LogP) is 4.89. The van der Waals surface area contributed by atoms with E-state index in [0.717, 1.165) is 60.6 Å². The number of nitrogens with one attached hydrogen (secondary N) is 2. The van der Waals surface area contributed by atoms with Crippen molar-refractivity contribution in [3.8, 4) is 11.5 Å². The lowest BCUT2D eigenvalue weighted by Gasteiger charge is -2.29. The van der Waals surface area contributed by atoms with Crippen LogP contribution in [-0.2, 0) is 4.74 Å². The van der Waals surface area contributed by atoms with Gasteiger partial charge in [-0.3, -0.25) is 4.79 Å². The maximum Gasteiger partial charge on any atom is 0.255 e. The van der Waals surface area contributed by atoms with E-state index >= 15 is 0 Å². The van der Waals surface area contributed by atoms with Gasteiger partial charge >= 0.3 is 0 Å². The maximum absolute atomic E-state index is 13.2. The number of hydrogen-bond acceptors (Lipinski definition) is 10. The molecule has 230 valence electrons. The Labute approximate surface area is 257 Å². The highest BCUT2D eigenvalue weighted by Crippen LogP contribution is 2.36. The molecule has 44 heavy (non-hydrogen) atoms. The van der Waals surface area contributed by atoms with E-state index in [-0.39, 0.29) is 5.91 Å². The molecule has 4 heterocycles. The zero-order valence-electron chi connectivity index (χ0n) is 25.5. The molecular formula is C33H39N7O4. The molecule has 4 aromatic rings. The van der Waals surface area contributed by atoms with E-state index in [1.54, 1.807) is 19.4 Å². The van der Waals surface area contributed by atoms with Gasteiger partial charge in [0.05, 0.1) is 32.4 Å². The number of carbonyl (C=O) groups excluding carboxylic acids is 1. The average Bonchev–Trinajstić information content (AvgIpc) is 3.05. The highest BCUT2D eigenvalue weighted by atomic mass is 16.5. The fourth-order valence-electron chi connectivity index (χ4n) is 5.74. The third kappa shape index (κ3) is 6.84. The normalized spacial score (nSPS) is 17.3. The van der Waals surface area contributed by atoms with Crippen LogP contribution in [0.15, 0.2) is 55.0 Å². The molecule has 0 spiro atoms. The first-order valence-electron chi connectivity index (χ1n) is 15.1. The Bertz CT molecular complexity index is 1630. The summed E-state index contributed by atoms with van der Waals surface area (Å²) < 4.78 is 17.4. The van der Waals surface area contributed by atoms with Gasteiger partial charge in [-0.2, -0.15) is 0 Å². The SMILES string of the molecule is COc1cc2c(Nc3cc(NC(=O)c4ccnc(N5CCOCC5)c4)ccc3C)ncnc2cc1OCC1CCCN(C)C1. The van der Waals surface area contributed by atoms with Crippen molar-refractivity contribution in [1.82, 2.24) is 19.9 Å². The fourth-order valence-corrected chi connectivity index (χ4v) is 5.74. The second-order valence-corrected chi connectivity index (χ2v) is 11.4. The number of ether oxygens (including phenoxy) is 3. The fraction of sp³-hybridized carbons (Fsp3) is 0.394. The lowest BCUT2D eigenvalue weighted by Crippen LogP contribution is -2.36. The van der Waals surface area contributed by atoms with Crippen molar-refractivity contribution < 1.29 is 19.0 Å². The van der Waals surface area contributed by atoms with E-state index in [1.807, 2.05) is 43.3 Å². The number of methoxy groups -OCH3 is 1. The molecule has 11 heteroatoms. The lowest BCUT2D eigenvalue weighted by molar-refractivity contribution is 0.102. The quantitative estimate of drug-likeness (QED) is 0.276. The van der Waals surface area contributed by atoms with E-state index in [1.165, 1.54) is 12.7 Å². The number of aromatic nitrogens is 3. The number of amides is 1. The van der Waals surface area contributed by atoms with Gasteiger partial charge in [0.2, 0.25) is 0 Å². The summed E-state index contributed by atoms with van der Waals surface area (Å²) in [6.45, 7) is 7.61. The van der Waals surface area contributed by atoms with E-state index in [2.05, 4.69) is 42.4 Å². The van der Waals surface area contributed by atoms with Crippen LogP contribution in [0.3, 0.4) is 0 Å². The number of carbonyl (C=O) groups is 1. The van der Waals surface area contributed by atoms with Crippen LogP contribution in [0.5, 0.6) is 11.5 Å². The third-order valence-electron chi connectivity index (χ3n) is 8.21. The first kappa shape index (κ1) is 29.6. The van der Waals surface area contributed by atoms with Crippen LogP contribution in [0, 0.1) is 12.8 Å². The van der Waals surface area contributed by atoms with Gasteiger partial charge in [-0.25, -0.2) is 15.0 Å². The Morgan fingerprint density at radius 2 is 1.91 bits per heavy atom. The van der Waals surface area contributed by atoms with Crippen molar-refractivity contribution in [3.05, 3.63) is 66.1 Å². The van der Waals surface area contributed by atoms with Crippen LogP contribution in [-0.4, -0.2) is 85.9 Å². The molecular weight excluding hydrogens is 558 g/mol. The van der Waals surface area contributed by atoms with E-state index in [9.17, 15) is 4.79 Å². The first-order valence-corrected chi connectivity index (χ1v) is 15.1. The standard InChI is InChI=1S/C33H39N7O4/c1-22-6-7-25(37-33(41)24-8-9-34-31(15-24)40-11-13-43-14-12-40)16-27(22)38-32-26-17-29(42-3)30(18-28(26)35-21-36-32)44-20-23-5-4-10-39(2)19-23/h6-9,15-18,21,23H,4-5,10-14,19-20H2,1-3H3,(H,37,41)(H,35,36,38). The molecule has 0 aliphatic carbocycles. The van der Waals surface area contributed by atoms with Crippen LogP contribution in [0.4, 0.5) is 23.0 Å². The van der Waals surface area contributed by atoms with Gasteiger partial charge in [-0.05, 0) is 69.3 Å². The topological polar surface area (TPSA) is 114 Å². The average molecular weight is 598 g/mol. The molecule has 6 rings (SSSR count). The van der Waals surface area contributed by atoms with Crippen LogP contribution in [0.2, 0.25) is 0 Å². The third-order valence-corrected chi connectivity index (χ3v) is 8.21. The summed E-state index contributed by atoms with van der Waals surface area (Å²) in [5.74, 6) is 2.98. The van der Waals surface area contributed by atoms with Crippen molar-refractivity contribution >= 4 is 39.8 Å². The minimum Gasteiger partial charge on any atom is -0.493 e. The Morgan fingerprint density at radius 1 is 1.05 bits per heavy atom. The van der Waals surface area contributed by atoms with Crippen molar-refractivity contribution in [2.45, 2.75) is 19.8 Å². The highest BCUT2D eigenvalue weighted by Gasteiger charge is 2.20. The molecule has 2 saturated heterocycles. The molecule has 0 bridgehead atoms. The van der Waals surface area contributed by atoms with E-state index in [4.69, 9.17) is 14.2 Å². The molecule has 2 aliphatic rings. The number of aryl methyl sites for hydroxylation is 1. The van der Waals surface area contributed by atoms with Gasteiger partial charge in [0.15, 0.2) is 11.5 Å². The molecule has 2 N–H and O–H groups in total. The predicted molar refractivity (Wildman–Crippen MR) is 171 cm³/mol. The molecule has 2 fully saturated rings. The molecule has 2 aromatic carbocycles. The number of morpholine rings is 1. The second-order valence-electron chi connectivity index (χ2n) is 11.4. The van der Waals surface area contributed by atoms with E-state index in [0.29, 0.717) is 54.3 Å². The molecule has 0 radical (unpaired) electrons. The second kappa shape index (κ2) is 13.4. The zero-order chi connectivity index (χ0) is 30.5. The first-order chi connectivity index (χ1) is 21.5. The molecule has 0 saturated carbocycles. The Morgan fingerprint density at radius 3 is 2.73 bits per heavy atom. The zero-order valence-corrected chi connectivity index (χ0v) is 25.5. The number of likely N-dealkylation sites (tertiary alicyclic amines) is 1. The van der Waals surface area contributed by atoms with Gasteiger partial charge in [0, 0.05) is 60.1 Å². The van der Waals surface area contributed by atoms with Crippen molar-refractivity contribution in [1.29, 1.82) is 0 Å². The number of anilines is 4. The number of benzene rings is 2. The largest absolute Gasteiger partial charge is 0.493 e. The molecule has 1 atom stereocenters. The van der Waals surface area contributed by atoms with Crippen molar-refractivity contribution in [2.24, 2.45) is 5.92 Å². The highest BCUT2D eigenvalue weighted by molar-refractivity contribution is 6.05. The van der Waals surface area contributed by atoms with Gasteiger partial charge in [-0.1, -0.05) is 6.07 Å². The summed E-state index contributed by atoms with van der Waals surface area (Å²) in [7, 11) is 3.80. The van der Waals surface area contributed by atoms with E-state index < -0.39 is 0 Å². The number of pyridine rings is 1. The smallest absolute Gasteiger partial charge is 0.255 e.